The van der Waals surface area contributed by atoms with Crippen LogP contribution in [0.1, 0.15) is 30.9 Å². The average Bonchev–Trinajstić information content (AvgIpc) is 3.16. The zero-order valence-corrected chi connectivity index (χ0v) is 17.4. The maximum atomic E-state index is 11.9. The van der Waals surface area contributed by atoms with Gasteiger partial charge in [-0.3, -0.25) is 9.79 Å². The van der Waals surface area contributed by atoms with Gasteiger partial charge in [0.15, 0.2) is 5.96 Å². The first-order valence-corrected chi connectivity index (χ1v) is 10.1. The molecule has 154 valence electrons. The summed E-state index contributed by atoms with van der Waals surface area (Å²) in [4.78, 5) is 18.0. The summed E-state index contributed by atoms with van der Waals surface area (Å²) < 4.78 is 6.00. The molecule has 0 radical (unpaired) electrons. The van der Waals surface area contributed by atoms with E-state index in [2.05, 4.69) is 15.6 Å². The average molecular weight is 395 g/mol. The van der Waals surface area contributed by atoms with Gasteiger partial charge in [-0.2, -0.15) is 0 Å². The summed E-state index contributed by atoms with van der Waals surface area (Å²) in [6.07, 6.45) is 1.60. The van der Waals surface area contributed by atoms with Gasteiger partial charge in [-0.15, -0.1) is 0 Å². The second-order valence-electron chi connectivity index (χ2n) is 7.32. The number of aryl methyl sites for hydroxylation is 1. The molecule has 1 saturated heterocycles. The third-order valence-corrected chi connectivity index (χ3v) is 4.98. The SMILES string of the molecule is CN=C(NCc1ccc(N2CCCC2=O)cc1)NCC(C)Oc1ccccc1C. The van der Waals surface area contributed by atoms with Gasteiger partial charge in [-0.25, -0.2) is 0 Å². The molecular weight excluding hydrogens is 364 g/mol. The summed E-state index contributed by atoms with van der Waals surface area (Å²) in [5.74, 6) is 1.84. The Hall–Kier alpha value is -3.02. The maximum Gasteiger partial charge on any atom is 0.227 e. The van der Waals surface area contributed by atoms with Crippen LogP contribution in [0.4, 0.5) is 5.69 Å². The third-order valence-electron chi connectivity index (χ3n) is 4.98. The van der Waals surface area contributed by atoms with Crippen LogP contribution in [-0.2, 0) is 11.3 Å². The highest BCUT2D eigenvalue weighted by Crippen LogP contribution is 2.21. The zero-order chi connectivity index (χ0) is 20.6. The normalized spacial score (nSPS) is 15.3. The number of nitrogens with zero attached hydrogens (tertiary/aromatic N) is 2. The van der Waals surface area contributed by atoms with Crippen LogP contribution in [0.2, 0.25) is 0 Å². The Kier molecular flexibility index (Phi) is 7.11. The number of hydrogen-bond donors (Lipinski definition) is 2. The number of ether oxygens (including phenoxy) is 1. The number of rotatable bonds is 7. The van der Waals surface area contributed by atoms with Crippen LogP contribution in [0.5, 0.6) is 5.75 Å². The number of guanidine groups is 1. The Morgan fingerprint density at radius 2 is 1.93 bits per heavy atom. The van der Waals surface area contributed by atoms with E-state index >= 15 is 0 Å². The number of hydrogen-bond acceptors (Lipinski definition) is 3. The topological polar surface area (TPSA) is 66.0 Å². The fourth-order valence-corrected chi connectivity index (χ4v) is 3.31. The first kappa shape index (κ1) is 20.7. The molecule has 2 aromatic carbocycles. The van der Waals surface area contributed by atoms with Gasteiger partial charge in [0.05, 0.1) is 6.54 Å². The van der Waals surface area contributed by atoms with E-state index in [1.807, 2.05) is 67.3 Å². The minimum atomic E-state index is 0.00642. The van der Waals surface area contributed by atoms with Crippen LogP contribution < -0.4 is 20.3 Å². The van der Waals surface area contributed by atoms with Gasteiger partial charge in [0.25, 0.3) is 0 Å². The lowest BCUT2D eigenvalue weighted by Crippen LogP contribution is -2.41. The van der Waals surface area contributed by atoms with Gasteiger partial charge >= 0.3 is 0 Å². The molecule has 0 aromatic heterocycles. The lowest BCUT2D eigenvalue weighted by Gasteiger charge is -2.19. The van der Waals surface area contributed by atoms with Crippen molar-refractivity contribution in [3.05, 3.63) is 59.7 Å². The molecule has 1 atom stereocenters. The number of nitrogens with one attached hydrogen (secondary N) is 2. The number of benzene rings is 2. The lowest BCUT2D eigenvalue weighted by atomic mass is 10.2. The molecular formula is C23H30N4O2. The molecule has 6 heteroatoms. The summed E-state index contributed by atoms with van der Waals surface area (Å²) >= 11 is 0. The van der Waals surface area contributed by atoms with E-state index in [4.69, 9.17) is 4.74 Å². The molecule has 1 fully saturated rings. The van der Waals surface area contributed by atoms with Crippen molar-refractivity contribution < 1.29 is 9.53 Å². The first-order chi connectivity index (χ1) is 14.1. The fraction of sp³-hybridized carbons (Fsp3) is 0.391. The molecule has 0 bridgehead atoms. The molecule has 29 heavy (non-hydrogen) atoms. The largest absolute Gasteiger partial charge is 0.489 e. The number of carbonyl (C=O) groups is 1. The zero-order valence-electron chi connectivity index (χ0n) is 17.4. The molecule has 1 unspecified atom stereocenters. The summed E-state index contributed by atoms with van der Waals surface area (Å²) in [5, 5.41) is 6.62. The van der Waals surface area contributed by atoms with E-state index in [1.165, 1.54) is 0 Å². The van der Waals surface area contributed by atoms with Crippen LogP contribution in [0.25, 0.3) is 0 Å². The minimum absolute atomic E-state index is 0.00642. The van der Waals surface area contributed by atoms with Crippen molar-refractivity contribution in [1.82, 2.24) is 10.6 Å². The van der Waals surface area contributed by atoms with Gasteiger partial charge < -0.3 is 20.3 Å². The van der Waals surface area contributed by atoms with Crippen LogP contribution >= 0.6 is 0 Å². The van der Waals surface area contributed by atoms with Gasteiger partial charge in [0.2, 0.25) is 5.91 Å². The van der Waals surface area contributed by atoms with Crippen molar-refractivity contribution in [3.8, 4) is 5.75 Å². The molecule has 1 aliphatic rings. The van der Waals surface area contributed by atoms with Crippen molar-refractivity contribution in [3.63, 3.8) is 0 Å². The van der Waals surface area contributed by atoms with Crippen LogP contribution in [0, 0.1) is 6.92 Å². The Morgan fingerprint density at radius 1 is 1.17 bits per heavy atom. The second-order valence-corrected chi connectivity index (χ2v) is 7.32. The lowest BCUT2D eigenvalue weighted by molar-refractivity contribution is -0.117. The molecule has 6 nitrogen and oxygen atoms in total. The predicted molar refractivity (Wildman–Crippen MR) is 117 cm³/mol. The highest BCUT2D eigenvalue weighted by molar-refractivity contribution is 5.95. The molecule has 3 rings (SSSR count). The monoisotopic (exact) mass is 394 g/mol. The van der Waals surface area contributed by atoms with Crippen molar-refractivity contribution in [1.29, 1.82) is 0 Å². The quantitative estimate of drug-likeness (QED) is 0.559. The molecule has 1 aliphatic heterocycles. The van der Waals surface area contributed by atoms with Crippen molar-refractivity contribution in [2.45, 2.75) is 39.3 Å². The number of para-hydroxylation sites is 1. The minimum Gasteiger partial charge on any atom is -0.489 e. The molecule has 1 amide bonds. The molecule has 1 heterocycles. The van der Waals surface area contributed by atoms with E-state index in [0.717, 1.165) is 41.5 Å². The van der Waals surface area contributed by atoms with Gasteiger partial charge in [0, 0.05) is 32.2 Å². The summed E-state index contributed by atoms with van der Waals surface area (Å²) in [5.41, 5.74) is 3.23. The standard InChI is InChI=1S/C23H30N4O2/c1-17-7-4-5-8-21(17)29-18(2)15-25-23(24-3)26-16-19-10-12-20(13-11-19)27-14-6-9-22(27)28/h4-5,7-8,10-13,18H,6,9,14-16H2,1-3H3,(H2,24,25,26). The van der Waals surface area contributed by atoms with Gasteiger partial charge in [0.1, 0.15) is 11.9 Å². The highest BCUT2D eigenvalue weighted by Gasteiger charge is 2.21. The number of amides is 1. The van der Waals surface area contributed by atoms with E-state index in [0.29, 0.717) is 19.5 Å². The maximum absolute atomic E-state index is 11.9. The van der Waals surface area contributed by atoms with E-state index in [1.54, 1.807) is 7.05 Å². The van der Waals surface area contributed by atoms with Crippen molar-refractivity contribution in [2.75, 3.05) is 25.0 Å². The van der Waals surface area contributed by atoms with Crippen molar-refractivity contribution >= 4 is 17.6 Å². The van der Waals surface area contributed by atoms with Gasteiger partial charge in [-0.1, -0.05) is 30.3 Å². The van der Waals surface area contributed by atoms with Crippen LogP contribution in [0.15, 0.2) is 53.5 Å². The van der Waals surface area contributed by atoms with Crippen molar-refractivity contribution in [2.24, 2.45) is 4.99 Å². The Bertz CT molecular complexity index is 848. The third kappa shape index (κ3) is 5.73. The summed E-state index contributed by atoms with van der Waals surface area (Å²) in [7, 11) is 1.75. The summed E-state index contributed by atoms with van der Waals surface area (Å²) in [6.45, 7) is 6.19. The smallest absolute Gasteiger partial charge is 0.227 e. The number of anilines is 1. The Labute approximate surface area is 173 Å². The molecule has 2 N–H and O–H groups in total. The summed E-state index contributed by atoms with van der Waals surface area (Å²) in [6, 6.07) is 16.1. The number of aliphatic imine (C=N–C) groups is 1. The Balaban J connectivity index is 1.45. The first-order valence-electron chi connectivity index (χ1n) is 10.1. The molecule has 0 spiro atoms. The second kappa shape index (κ2) is 9.96. The molecule has 2 aromatic rings. The highest BCUT2D eigenvalue weighted by atomic mass is 16.5. The van der Waals surface area contributed by atoms with E-state index in [9.17, 15) is 4.79 Å². The number of carbonyl (C=O) groups excluding carboxylic acids is 1. The molecule has 0 saturated carbocycles. The Morgan fingerprint density at radius 3 is 2.59 bits per heavy atom. The van der Waals surface area contributed by atoms with Crippen LogP contribution in [-0.4, -0.2) is 38.1 Å². The van der Waals surface area contributed by atoms with Crippen LogP contribution in [0.3, 0.4) is 0 Å². The van der Waals surface area contributed by atoms with E-state index < -0.39 is 0 Å². The molecule has 0 aliphatic carbocycles. The van der Waals surface area contributed by atoms with Gasteiger partial charge in [-0.05, 0) is 49.6 Å². The van der Waals surface area contributed by atoms with E-state index in [-0.39, 0.29) is 12.0 Å². The fourth-order valence-electron chi connectivity index (χ4n) is 3.31. The predicted octanol–water partition coefficient (Wildman–Crippen LogP) is 3.25.